The number of hydrogen-bond donors (Lipinski definition) is 2. The molecule has 0 radical (unpaired) electrons. The normalized spacial score (nSPS) is 20.2. The highest BCUT2D eigenvalue weighted by Gasteiger charge is 2.29. The highest BCUT2D eigenvalue weighted by molar-refractivity contribution is 7.89. The van der Waals surface area contributed by atoms with E-state index in [4.69, 9.17) is 5.73 Å². The summed E-state index contributed by atoms with van der Waals surface area (Å²) in [6.07, 6.45) is 4.52. The Kier molecular flexibility index (Phi) is 6.00. The van der Waals surface area contributed by atoms with Crippen molar-refractivity contribution in [3.8, 4) is 0 Å². The van der Waals surface area contributed by atoms with E-state index in [0.29, 0.717) is 12.4 Å². The van der Waals surface area contributed by atoms with E-state index in [1.165, 1.54) is 6.20 Å². The molecule has 1 aromatic rings. The third-order valence-corrected chi connectivity index (χ3v) is 5.80. The molecular formula is C15H27N5O3S. The number of likely N-dealkylation sites (tertiary alicyclic amines) is 1. The van der Waals surface area contributed by atoms with Gasteiger partial charge in [-0.05, 0) is 33.1 Å². The second kappa shape index (κ2) is 7.62. The molecule has 1 amide bonds. The van der Waals surface area contributed by atoms with Crippen molar-refractivity contribution in [2.45, 2.75) is 56.6 Å². The van der Waals surface area contributed by atoms with Crippen LogP contribution in [0.1, 0.15) is 38.4 Å². The van der Waals surface area contributed by atoms with Gasteiger partial charge >= 0.3 is 0 Å². The Morgan fingerprint density at radius 3 is 2.79 bits per heavy atom. The molecule has 1 aliphatic rings. The van der Waals surface area contributed by atoms with E-state index in [9.17, 15) is 13.2 Å². The molecule has 1 aliphatic heterocycles. The lowest BCUT2D eigenvalue weighted by Crippen LogP contribution is -2.52. The van der Waals surface area contributed by atoms with Crippen molar-refractivity contribution < 1.29 is 13.2 Å². The van der Waals surface area contributed by atoms with Crippen LogP contribution < -0.4 is 10.5 Å². The predicted molar refractivity (Wildman–Crippen MR) is 90.8 cm³/mol. The van der Waals surface area contributed by atoms with Crippen molar-refractivity contribution in [1.82, 2.24) is 19.2 Å². The zero-order chi connectivity index (χ0) is 17.9. The summed E-state index contributed by atoms with van der Waals surface area (Å²) >= 11 is 0. The summed E-state index contributed by atoms with van der Waals surface area (Å²) in [5.74, 6) is 0.552. The summed E-state index contributed by atoms with van der Waals surface area (Å²) in [7, 11) is -1.96. The minimum atomic E-state index is -3.70. The molecule has 0 aliphatic carbocycles. The molecule has 3 N–H and O–H groups in total. The van der Waals surface area contributed by atoms with Gasteiger partial charge in [0.1, 0.15) is 5.82 Å². The van der Waals surface area contributed by atoms with Gasteiger partial charge in [0.05, 0.1) is 0 Å². The van der Waals surface area contributed by atoms with Gasteiger partial charge in [-0.3, -0.25) is 4.79 Å². The molecule has 2 atom stereocenters. The van der Waals surface area contributed by atoms with Crippen LogP contribution in [0.2, 0.25) is 0 Å². The molecule has 2 unspecified atom stereocenters. The van der Waals surface area contributed by atoms with Crippen LogP contribution in [0.15, 0.2) is 11.2 Å². The molecule has 0 saturated carbocycles. The Labute approximate surface area is 143 Å². The number of sulfonamides is 1. The molecule has 1 aromatic heterocycles. The van der Waals surface area contributed by atoms with Crippen molar-refractivity contribution in [1.29, 1.82) is 0 Å². The standard InChI is InChI=1S/C15H27N5O3S/c1-11(16)13-6-4-5-9-20(13)15(21)7-8-17-24(22,23)14-10-19(3)12(2)18-14/h10-11,13,17H,4-9,16H2,1-3H3. The molecule has 9 heteroatoms. The van der Waals surface area contributed by atoms with Crippen molar-refractivity contribution in [3.63, 3.8) is 0 Å². The SMILES string of the molecule is Cc1nc(S(=O)(=O)NCCC(=O)N2CCCCC2C(C)N)cn1C. The lowest BCUT2D eigenvalue weighted by atomic mass is 9.96. The summed E-state index contributed by atoms with van der Waals surface area (Å²) in [6.45, 7) is 4.38. The molecule has 1 saturated heterocycles. The van der Waals surface area contributed by atoms with E-state index in [1.807, 2.05) is 6.92 Å². The Balaban J connectivity index is 1.92. The molecule has 0 spiro atoms. The molecule has 136 valence electrons. The molecule has 8 nitrogen and oxygen atoms in total. The van der Waals surface area contributed by atoms with Crippen LogP contribution >= 0.6 is 0 Å². The van der Waals surface area contributed by atoms with Crippen LogP contribution in [0.5, 0.6) is 0 Å². The number of aryl methyl sites for hydroxylation is 2. The second-order valence-electron chi connectivity index (χ2n) is 6.39. The van der Waals surface area contributed by atoms with Crippen LogP contribution in [0.4, 0.5) is 0 Å². The maximum Gasteiger partial charge on any atom is 0.259 e. The first-order valence-corrected chi connectivity index (χ1v) is 9.75. The van der Waals surface area contributed by atoms with Gasteiger partial charge in [0, 0.05) is 44.8 Å². The Morgan fingerprint density at radius 1 is 1.50 bits per heavy atom. The third kappa shape index (κ3) is 4.34. The van der Waals surface area contributed by atoms with Crippen LogP contribution in [0.3, 0.4) is 0 Å². The maximum atomic E-state index is 12.4. The van der Waals surface area contributed by atoms with Gasteiger partial charge in [-0.25, -0.2) is 18.1 Å². The van der Waals surface area contributed by atoms with Gasteiger partial charge in [-0.2, -0.15) is 0 Å². The number of carbonyl (C=O) groups excluding carboxylic acids is 1. The highest BCUT2D eigenvalue weighted by atomic mass is 32.2. The van der Waals surface area contributed by atoms with Gasteiger partial charge in [0.25, 0.3) is 10.0 Å². The Hall–Kier alpha value is -1.45. The molecule has 1 fully saturated rings. The Morgan fingerprint density at radius 2 is 2.21 bits per heavy atom. The Bertz CT molecular complexity index is 664. The van der Waals surface area contributed by atoms with Gasteiger partial charge in [-0.1, -0.05) is 0 Å². The number of piperidine rings is 1. The highest BCUT2D eigenvalue weighted by Crippen LogP contribution is 2.19. The van der Waals surface area contributed by atoms with E-state index < -0.39 is 10.0 Å². The topological polar surface area (TPSA) is 110 Å². The third-order valence-electron chi connectivity index (χ3n) is 4.47. The smallest absolute Gasteiger partial charge is 0.259 e. The van der Waals surface area contributed by atoms with Crippen LogP contribution in [0.25, 0.3) is 0 Å². The lowest BCUT2D eigenvalue weighted by molar-refractivity contribution is -0.135. The number of imidazole rings is 1. The molecule has 2 heterocycles. The van der Waals surface area contributed by atoms with Gasteiger partial charge in [-0.15, -0.1) is 0 Å². The number of amides is 1. The molecular weight excluding hydrogens is 330 g/mol. The number of carbonyl (C=O) groups is 1. The van der Waals surface area contributed by atoms with E-state index in [1.54, 1.807) is 23.4 Å². The number of nitrogens with two attached hydrogens (primary N) is 1. The fourth-order valence-corrected chi connectivity index (χ4v) is 4.05. The van der Waals surface area contributed by atoms with Gasteiger partial charge in [0.2, 0.25) is 5.91 Å². The van der Waals surface area contributed by atoms with E-state index >= 15 is 0 Å². The maximum absolute atomic E-state index is 12.4. The molecule has 0 aromatic carbocycles. The van der Waals surface area contributed by atoms with Crippen molar-refractivity contribution in [2.24, 2.45) is 12.8 Å². The summed E-state index contributed by atoms with van der Waals surface area (Å²) in [6, 6.07) is -0.0382. The largest absolute Gasteiger partial charge is 0.338 e. The number of aromatic nitrogens is 2. The average Bonchev–Trinajstić information content (AvgIpc) is 2.87. The number of nitrogens with one attached hydrogen (secondary N) is 1. The second-order valence-corrected chi connectivity index (χ2v) is 8.11. The quantitative estimate of drug-likeness (QED) is 0.752. The fraction of sp³-hybridized carbons (Fsp3) is 0.733. The van der Waals surface area contributed by atoms with Crippen molar-refractivity contribution in [3.05, 3.63) is 12.0 Å². The lowest BCUT2D eigenvalue weighted by Gasteiger charge is -2.38. The predicted octanol–water partition coefficient (Wildman–Crippen LogP) is 0.125. The minimum Gasteiger partial charge on any atom is -0.338 e. The zero-order valence-corrected chi connectivity index (χ0v) is 15.3. The van der Waals surface area contributed by atoms with Gasteiger partial charge in [0.15, 0.2) is 5.03 Å². The fourth-order valence-electron chi connectivity index (χ4n) is 2.98. The van der Waals surface area contributed by atoms with Gasteiger partial charge < -0.3 is 15.2 Å². The first-order valence-electron chi connectivity index (χ1n) is 8.27. The summed E-state index contributed by atoms with van der Waals surface area (Å²) in [5, 5.41) is -0.0265. The first kappa shape index (κ1) is 18.9. The van der Waals surface area contributed by atoms with E-state index in [0.717, 1.165) is 19.3 Å². The zero-order valence-electron chi connectivity index (χ0n) is 14.5. The minimum absolute atomic E-state index is 0.0265. The number of rotatable bonds is 6. The number of nitrogens with zero attached hydrogens (tertiary/aromatic N) is 3. The first-order chi connectivity index (χ1) is 11.2. The van der Waals surface area contributed by atoms with Crippen molar-refractivity contribution >= 4 is 15.9 Å². The monoisotopic (exact) mass is 357 g/mol. The molecule has 0 bridgehead atoms. The van der Waals surface area contributed by atoms with E-state index in [2.05, 4.69) is 9.71 Å². The summed E-state index contributed by atoms with van der Waals surface area (Å²) in [4.78, 5) is 18.2. The van der Waals surface area contributed by atoms with Crippen LogP contribution in [-0.4, -0.2) is 53.9 Å². The summed E-state index contributed by atoms with van der Waals surface area (Å²) in [5.41, 5.74) is 5.97. The molecule has 2 rings (SSSR count). The number of hydrogen-bond acceptors (Lipinski definition) is 5. The average molecular weight is 357 g/mol. The summed E-state index contributed by atoms with van der Waals surface area (Å²) < 4.78 is 28.5. The van der Waals surface area contributed by atoms with Crippen molar-refractivity contribution in [2.75, 3.05) is 13.1 Å². The van der Waals surface area contributed by atoms with Crippen LogP contribution in [0, 0.1) is 6.92 Å². The molecule has 24 heavy (non-hydrogen) atoms. The van der Waals surface area contributed by atoms with Crippen LogP contribution in [-0.2, 0) is 21.9 Å². The van der Waals surface area contributed by atoms with E-state index in [-0.39, 0.29) is 36.0 Å².